The summed E-state index contributed by atoms with van der Waals surface area (Å²) < 4.78 is 15.8. The van der Waals surface area contributed by atoms with Crippen molar-refractivity contribution in [3.8, 4) is 33.9 Å². The average Bonchev–Trinajstić information content (AvgIpc) is 3.49. The highest BCUT2D eigenvalue weighted by Gasteiger charge is 2.16. The van der Waals surface area contributed by atoms with Crippen molar-refractivity contribution in [2.45, 2.75) is 6.92 Å². The van der Waals surface area contributed by atoms with E-state index in [0.717, 1.165) is 49.9 Å². The molecule has 6 rings (SSSR count). The van der Waals surface area contributed by atoms with Crippen LogP contribution >= 0.6 is 0 Å². The zero-order valence-corrected chi connectivity index (χ0v) is 17.4. The van der Waals surface area contributed by atoms with Crippen LogP contribution in [0.25, 0.3) is 55.8 Å². The van der Waals surface area contributed by atoms with Crippen molar-refractivity contribution in [3.05, 3.63) is 72.4 Å². The molecule has 6 aromatic rings. The van der Waals surface area contributed by atoms with Crippen LogP contribution in [-0.4, -0.2) is 34.9 Å². The third-order valence-corrected chi connectivity index (χ3v) is 5.54. The number of imidazole rings is 1. The summed E-state index contributed by atoms with van der Waals surface area (Å²) in [5, 5.41) is 12.7. The highest BCUT2D eigenvalue weighted by atomic mass is 19.1. The van der Waals surface area contributed by atoms with Gasteiger partial charge in [0.05, 0.1) is 34.6 Å². The van der Waals surface area contributed by atoms with Crippen molar-refractivity contribution in [1.29, 1.82) is 0 Å². The van der Waals surface area contributed by atoms with Gasteiger partial charge in [-0.05, 0) is 42.3 Å². The lowest BCUT2D eigenvalue weighted by Gasteiger charge is -2.04. The number of halogens is 1. The Morgan fingerprint density at radius 3 is 2.72 bits per heavy atom. The number of hydrogen-bond acceptors (Lipinski definition) is 4. The monoisotopic (exact) mass is 423 g/mol. The average molecular weight is 423 g/mol. The van der Waals surface area contributed by atoms with Gasteiger partial charge in [0.25, 0.3) is 0 Å². The van der Waals surface area contributed by atoms with Crippen LogP contribution in [0.1, 0.15) is 5.56 Å². The largest absolute Gasteiger partial charge is 0.337 e. The highest BCUT2D eigenvalue weighted by Crippen LogP contribution is 2.33. The topological polar surface area (TPSA) is 88.1 Å². The van der Waals surface area contributed by atoms with E-state index < -0.39 is 0 Å². The molecule has 0 radical (unpaired) electrons. The molecule has 0 bridgehead atoms. The molecule has 0 aliphatic rings. The van der Waals surface area contributed by atoms with Crippen LogP contribution in [0.4, 0.5) is 4.39 Å². The van der Waals surface area contributed by atoms with Crippen LogP contribution in [-0.2, 0) is 7.05 Å². The van der Waals surface area contributed by atoms with Gasteiger partial charge in [-0.1, -0.05) is 18.2 Å². The van der Waals surface area contributed by atoms with Crippen LogP contribution in [0.3, 0.4) is 0 Å². The first kappa shape index (κ1) is 18.4. The van der Waals surface area contributed by atoms with Gasteiger partial charge in [-0.3, -0.25) is 14.8 Å². The summed E-state index contributed by atoms with van der Waals surface area (Å²) in [5.41, 5.74) is 7.39. The van der Waals surface area contributed by atoms with E-state index in [1.165, 1.54) is 12.1 Å². The fourth-order valence-corrected chi connectivity index (χ4v) is 4.08. The number of nitrogens with one attached hydrogen (secondary N) is 2. The fraction of sp³-hybridized carbons (Fsp3) is 0.0833. The van der Waals surface area contributed by atoms with E-state index in [1.807, 2.05) is 50.5 Å². The van der Waals surface area contributed by atoms with Crippen LogP contribution in [0.5, 0.6) is 0 Å². The van der Waals surface area contributed by atoms with Crippen LogP contribution in [0, 0.1) is 12.7 Å². The van der Waals surface area contributed by atoms with E-state index in [0.29, 0.717) is 11.5 Å². The van der Waals surface area contributed by atoms with Crippen molar-refractivity contribution in [2.75, 3.05) is 0 Å². The van der Waals surface area contributed by atoms with E-state index in [9.17, 15) is 4.39 Å². The maximum Gasteiger partial charge on any atom is 0.159 e. The summed E-state index contributed by atoms with van der Waals surface area (Å²) in [7, 11) is 1.87. The van der Waals surface area contributed by atoms with Crippen molar-refractivity contribution in [1.82, 2.24) is 34.9 Å². The Morgan fingerprint density at radius 2 is 1.91 bits per heavy atom. The molecule has 0 aliphatic heterocycles. The van der Waals surface area contributed by atoms with Crippen LogP contribution in [0.2, 0.25) is 0 Å². The normalized spacial score (nSPS) is 11.6. The first-order valence-corrected chi connectivity index (χ1v) is 10.1. The Hall–Kier alpha value is -4.33. The molecule has 0 fully saturated rings. The predicted molar refractivity (Wildman–Crippen MR) is 121 cm³/mol. The molecule has 2 aromatic carbocycles. The van der Waals surface area contributed by atoms with Gasteiger partial charge in [0.15, 0.2) is 5.82 Å². The molecule has 0 atom stereocenters. The summed E-state index contributed by atoms with van der Waals surface area (Å²) in [4.78, 5) is 12.7. The number of aromatic amines is 2. The molecule has 0 spiro atoms. The number of aryl methyl sites for hydroxylation is 2. The van der Waals surface area contributed by atoms with E-state index >= 15 is 0 Å². The lowest BCUT2D eigenvalue weighted by Crippen LogP contribution is -1.86. The Kier molecular flexibility index (Phi) is 3.94. The van der Waals surface area contributed by atoms with Gasteiger partial charge in [-0.25, -0.2) is 9.37 Å². The molecular formula is C24H18FN7. The molecule has 2 N–H and O–H groups in total. The zero-order chi connectivity index (χ0) is 21.8. The molecule has 7 nitrogen and oxygen atoms in total. The minimum atomic E-state index is -0.263. The van der Waals surface area contributed by atoms with E-state index in [4.69, 9.17) is 4.98 Å². The molecule has 32 heavy (non-hydrogen) atoms. The Morgan fingerprint density at radius 1 is 1.00 bits per heavy atom. The van der Waals surface area contributed by atoms with Crippen molar-refractivity contribution >= 4 is 21.9 Å². The summed E-state index contributed by atoms with van der Waals surface area (Å²) in [6, 6.07) is 12.8. The molecule has 0 saturated carbocycles. The van der Waals surface area contributed by atoms with Gasteiger partial charge < -0.3 is 4.98 Å². The number of hydrogen-bond donors (Lipinski definition) is 2. The molecule has 0 aliphatic carbocycles. The van der Waals surface area contributed by atoms with Crippen LogP contribution in [0.15, 0.2) is 61.1 Å². The van der Waals surface area contributed by atoms with E-state index in [1.54, 1.807) is 17.1 Å². The number of nitrogens with zero attached hydrogens (tertiary/aromatic N) is 5. The third kappa shape index (κ3) is 2.96. The lowest BCUT2D eigenvalue weighted by molar-refractivity contribution is 0.627. The molecule has 0 saturated heterocycles. The molecule has 156 valence electrons. The first-order chi connectivity index (χ1) is 15.5. The molecule has 4 heterocycles. The minimum absolute atomic E-state index is 0.263. The lowest BCUT2D eigenvalue weighted by atomic mass is 10.0. The summed E-state index contributed by atoms with van der Waals surface area (Å²) in [6.07, 6.45) is 5.46. The smallest absolute Gasteiger partial charge is 0.159 e. The molecule has 0 amide bonds. The van der Waals surface area contributed by atoms with Gasteiger partial charge >= 0.3 is 0 Å². The van der Waals surface area contributed by atoms with E-state index in [2.05, 4.69) is 25.3 Å². The standard InChI is InChI=1S/C24H18FN7/c1-13-6-14(8-16(25)7-13)17-4-3-5-19-22(17)29-24(28-19)23-18-9-20(15-10-27-32(2)12-15)26-11-21(18)30-31-23/h3-12H,1-2H3,(H,28,29)(H,30,31). The number of pyridine rings is 1. The summed E-state index contributed by atoms with van der Waals surface area (Å²) >= 11 is 0. The minimum Gasteiger partial charge on any atom is -0.337 e. The van der Waals surface area contributed by atoms with Crippen molar-refractivity contribution < 1.29 is 4.39 Å². The van der Waals surface area contributed by atoms with Crippen molar-refractivity contribution in [2.24, 2.45) is 7.05 Å². The van der Waals surface area contributed by atoms with Crippen molar-refractivity contribution in [3.63, 3.8) is 0 Å². The van der Waals surface area contributed by atoms with Gasteiger partial charge in [0.1, 0.15) is 11.5 Å². The molecule has 0 unspecified atom stereocenters. The van der Waals surface area contributed by atoms with Crippen LogP contribution < -0.4 is 0 Å². The number of rotatable bonds is 3. The molecular weight excluding hydrogens is 405 g/mol. The zero-order valence-electron chi connectivity index (χ0n) is 17.4. The number of H-pyrrole nitrogens is 2. The highest BCUT2D eigenvalue weighted by molar-refractivity contribution is 5.97. The van der Waals surface area contributed by atoms with E-state index in [-0.39, 0.29) is 5.82 Å². The number of aromatic nitrogens is 7. The maximum atomic E-state index is 14.0. The Labute approximate surface area is 182 Å². The third-order valence-electron chi connectivity index (χ3n) is 5.54. The van der Waals surface area contributed by atoms with Gasteiger partial charge in [-0.2, -0.15) is 10.2 Å². The summed E-state index contributed by atoms with van der Waals surface area (Å²) in [6.45, 7) is 1.88. The van der Waals surface area contributed by atoms with Gasteiger partial charge in [0.2, 0.25) is 0 Å². The SMILES string of the molecule is Cc1cc(F)cc(-c2cccc3[nH]c(-c4n[nH]c5cnc(-c6cnn(C)c6)cc45)nc23)c1. The number of fused-ring (bicyclic) bond motifs is 2. The Balaban J connectivity index is 1.51. The maximum absolute atomic E-state index is 14.0. The molecule has 8 heteroatoms. The fourth-order valence-electron chi connectivity index (χ4n) is 4.08. The Bertz CT molecular complexity index is 1600. The van der Waals surface area contributed by atoms with Gasteiger partial charge in [-0.15, -0.1) is 0 Å². The first-order valence-electron chi connectivity index (χ1n) is 10.1. The molecule has 4 aromatic heterocycles. The second-order valence-corrected chi connectivity index (χ2v) is 7.89. The second kappa shape index (κ2) is 6.84. The van der Waals surface area contributed by atoms with Gasteiger partial charge in [0, 0.05) is 29.8 Å². The quantitative estimate of drug-likeness (QED) is 0.419. The number of benzene rings is 2. The second-order valence-electron chi connectivity index (χ2n) is 7.89. The predicted octanol–water partition coefficient (Wildman–Crippen LogP) is 5.02. The number of para-hydroxylation sites is 1. The summed E-state index contributed by atoms with van der Waals surface area (Å²) in [5.74, 6) is 0.372.